The van der Waals surface area contributed by atoms with E-state index < -0.39 is 20.0 Å². The number of hydrogen-bond donors (Lipinski definition) is 2. The maximum atomic E-state index is 12.8. The number of unbranched alkanes of at least 4 members (excludes halogenated alkanes) is 32. The zero-order valence-corrected chi connectivity index (χ0v) is 39.5. The van der Waals surface area contributed by atoms with Gasteiger partial charge in [0.05, 0.1) is 39.9 Å². The highest BCUT2D eigenvalue weighted by Gasteiger charge is 2.23. The first-order chi connectivity index (χ1) is 27.5. The fraction of sp³-hybridized carbons (Fsp3) is 0.938. The Morgan fingerprint density at radius 2 is 0.947 bits per heavy atom. The highest BCUT2D eigenvalue weighted by molar-refractivity contribution is 7.45. The number of phosphoric acid groups is 1. The predicted molar refractivity (Wildman–Crippen MR) is 242 cm³/mol. The van der Waals surface area contributed by atoms with Crippen LogP contribution in [0.3, 0.4) is 0 Å². The normalized spacial score (nSPS) is 14.3. The smallest absolute Gasteiger partial charge is 0.268 e. The fourth-order valence-electron chi connectivity index (χ4n) is 7.33. The topological polar surface area (TPSA) is 108 Å². The quantitative estimate of drug-likeness (QED) is 0.0274. The van der Waals surface area contributed by atoms with E-state index in [1.54, 1.807) is 6.08 Å². The second kappa shape index (κ2) is 40.6. The van der Waals surface area contributed by atoms with Crippen molar-refractivity contribution in [2.24, 2.45) is 0 Å². The Morgan fingerprint density at radius 3 is 1.32 bits per heavy atom. The Bertz CT molecular complexity index is 942. The van der Waals surface area contributed by atoms with Gasteiger partial charge in [0, 0.05) is 6.42 Å². The third-order valence-corrected chi connectivity index (χ3v) is 12.2. The Labute approximate surface area is 354 Å². The molecule has 0 aromatic carbocycles. The van der Waals surface area contributed by atoms with E-state index in [-0.39, 0.29) is 19.1 Å². The zero-order chi connectivity index (χ0) is 42.1. The number of aliphatic hydroxyl groups is 1. The molecule has 9 heteroatoms. The SMILES string of the molecule is CCCCCCCCCCCCCCCCCCCCCCCCC/C=C/C(O)C(COP(=O)([O-])OCC[N+](C)(C)C)NC(=O)CCCCCCCCCCCC. The summed E-state index contributed by atoms with van der Waals surface area (Å²) in [5, 5.41) is 13.8. The molecule has 0 aliphatic carbocycles. The van der Waals surface area contributed by atoms with Crippen LogP contribution in [-0.4, -0.2) is 68.5 Å². The second-order valence-corrected chi connectivity index (χ2v) is 19.6. The Hall–Kier alpha value is -0.760. The van der Waals surface area contributed by atoms with E-state index in [0.29, 0.717) is 17.4 Å². The summed E-state index contributed by atoms with van der Waals surface area (Å²) >= 11 is 0. The number of hydrogen-bond acceptors (Lipinski definition) is 6. The van der Waals surface area contributed by atoms with Gasteiger partial charge in [-0.25, -0.2) is 0 Å². The van der Waals surface area contributed by atoms with E-state index >= 15 is 0 Å². The molecule has 0 radical (unpaired) electrons. The molecule has 0 heterocycles. The number of rotatable bonds is 45. The summed E-state index contributed by atoms with van der Waals surface area (Å²) in [5.74, 6) is -0.197. The first-order valence-electron chi connectivity index (χ1n) is 24.6. The molecule has 0 aromatic heterocycles. The number of nitrogens with zero attached hydrogens (tertiary/aromatic N) is 1. The molecule has 0 aliphatic rings. The number of allylic oxidation sites excluding steroid dienone is 1. The zero-order valence-electron chi connectivity index (χ0n) is 38.6. The third kappa shape index (κ3) is 43.1. The van der Waals surface area contributed by atoms with Crippen molar-refractivity contribution < 1.29 is 32.9 Å². The minimum atomic E-state index is -4.58. The molecule has 0 saturated heterocycles. The molecule has 3 unspecified atom stereocenters. The van der Waals surface area contributed by atoms with Crippen LogP contribution in [0.2, 0.25) is 0 Å². The van der Waals surface area contributed by atoms with Crippen LogP contribution in [0.25, 0.3) is 0 Å². The van der Waals surface area contributed by atoms with Crippen molar-refractivity contribution in [1.82, 2.24) is 5.32 Å². The van der Waals surface area contributed by atoms with Gasteiger partial charge in [-0.1, -0.05) is 225 Å². The molecule has 2 N–H and O–H groups in total. The first kappa shape index (κ1) is 56.2. The molecular formula is C48H97N2O6P. The molecule has 0 aliphatic heterocycles. The molecular weight excluding hydrogens is 732 g/mol. The van der Waals surface area contributed by atoms with E-state index in [9.17, 15) is 19.4 Å². The lowest BCUT2D eigenvalue weighted by molar-refractivity contribution is -0.870. The number of carbonyl (C=O) groups is 1. The maximum absolute atomic E-state index is 12.8. The summed E-state index contributed by atoms with van der Waals surface area (Å²) in [4.78, 5) is 25.2. The summed E-state index contributed by atoms with van der Waals surface area (Å²) < 4.78 is 23.2. The highest BCUT2D eigenvalue weighted by atomic mass is 31.2. The van der Waals surface area contributed by atoms with Gasteiger partial charge >= 0.3 is 0 Å². The van der Waals surface area contributed by atoms with Crippen LogP contribution < -0.4 is 10.2 Å². The number of carbonyl (C=O) groups excluding carboxylic acids is 1. The van der Waals surface area contributed by atoms with Gasteiger partial charge in [-0.05, 0) is 19.3 Å². The lowest BCUT2D eigenvalue weighted by Gasteiger charge is -2.29. The molecule has 0 rings (SSSR count). The van der Waals surface area contributed by atoms with Crippen LogP contribution in [-0.2, 0) is 18.4 Å². The van der Waals surface area contributed by atoms with Gasteiger partial charge in [-0.3, -0.25) is 9.36 Å². The molecule has 0 bridgehead atoms. The summed E-state index contributed by atoms with van der Waals surface area (Å²) in [7, 11) is 1.27. The summed E-state index contributed by atoms with van der Waals surface area (Å²) in [6, 6.07) is -0.879. The average molecular weight is 829 g/mol. The van der Waals surface area contributed by atoms with Gasteiger partial charge in [0.1, 0.15) is 13.2 Å². The van der Waals surface area contributed by atoms with Crippen LogP contribution in [0.15, 0.2) is 12.2 Å². The molecule has 0 spiro atoms. The molecule has 3 atom stereocenters. The van der Waals surface area contributed by atoms with Crippen LogP contribution >= 0.6 is 7.82 Å². The molecule has 8 nitrogen and oxygen atoms in total. The number of quaternary nitrogens is 1. The predicted octanol–water partition coefficient (Wildman–Crippen LogP) is 13.3. The molecule has 57 heavy (non-hydrogen) atoms. The van der Waals surface area contributed by atoms with Crippen molar-refractivity contribution in [3.8, 4) is 0 Å². The van der Waals surface area contributed by atoms with Gasteiger partial charge in [0.25, 0.3) is 7.82 Å². The molecule has 0 aromatic rings. The van der Waals surface area contributed by atoms with Gasteiger partial charge in [0.15, 0.2) is 0 Å². The van der Waals surface area contributed by atoms with Gasteiger partial charge in [-0.2, -0.15) is 0 Å². The minimum absolute atomic E-state index is 0.00205. The van der Waals surface area contributed by atoms with E-state index in [0.717, 1.165) is 38.5 Å². The van der Waals surface area contributed by atoms with Crippen LogP contribution in [0, 0.1) is 0 Å². The fourth-order valence-corrected chi connectivity index (χ4v) is 8.05. The molecule has 0 saturated carbocycles. The van der Waals surface area contributed by atoms with Crippen LogP contribution in [0.1, 0.15) is 239 Å². The van der Waals surface area contributed by atoms with Gasteiger partial charge in [-0.15, -0.1) is 0 Å². The number of likely N-dealkylation sites (N-methyl/N-ethyl adjacent to an activating group) is 1. The highest BCUT2D eigenvalue weighted by Crippen LogP contribution is 2.38. The van der Waals surface area contributed by atoms with Crippen LogP contribution in [0.5, 0.6) is 0 Å². The van der Waals surface area contributed by atoms with Crippen molar-refractivity contribution in [2.75, 3.05) is 40.9 Å². The Balaban J connectivity index is 4.17. The third-order valence-electron chi connectivity index (χ3n) is 11.2. The van der Waals surface area contributed by atoms with E-state index in [1.807, 2.05) is 27.2 Å². The maximum Gasteiger partial charge on any atom is 0.268 e. The summed E-state index contributed by atoms with van der Waals surface area (Å²) in [5.41, 5.74) is 0. The Morgan fingerprint density at radius 1 is 0.596 bits per heavy atom. The Kier molecular flexibility index (Phi) is 40.1. The van der Waals surface area contributed by atoms with E-state index in [2.05, 4.69) is 19.2 Å². The monoisotopic (exact) mass is 829 g/mol. The summed E-state index contributed by atoms with van der Waals surface area (Å²) in [6.45, 7) is 4.65. The summed E-state index contributed by atoms with van der Waals surface area (Å²) in [6.07, 6.45) is 47.1. The minimum Gasteiger partial charge on any atom is -0.756 e. The standard InChI is InChI=1S/C48H97N2O6P/c1-6-8-10-12-14-16-18-19-20-21-22-23-24-25-26-27-28-29-30-31-32-33-35-37-39-41-47(51)46(45-56-57(53,54)55-44-43-50(3,4)5)49-48(52)42-40-38-36-34-17-15-13-11-9-7-2/h39,41,46-47,51H,6-38,40,42-45H2,1-5H3,(H-,49,52,53,54)/b41-39+. The first-order valence-corrected chi connectivity index (χ1v) is 26.0. The van der Waals surface area contributed by atoms with Crippen molar-refractivity contribution in [3.63, 3.8) is 0 Å². The van der Waals surface area contributed by atoms with Crippen molar-refractivity contribution in [3.05, 3.63) is 12.2 Å². The van der Waals surface area contributed by atoms with Crippen molar-refractivity contribution in [1.29, 1.82) is 0 Å². The van der Waals surface area contributed by atoms with E-state index in [4.69, 9.17) is 9.05 Å². The second-order valence-electron chi connectivity index (χ2n) is 18.2. The van der Waals surface area contributed by atoms with Crippen LogP contribution in [0.4, 0.5) is 0 Å². The number of phosphoric ester groups is 1. The molecule has 340 valence electrons. The average Bonchev–Trinajstić information content (AvgIpc) is 3.16. The molecule has 0 fully saturated rings. The number of amides is 1. The molecule has 1 amide bonds. The number of aliphatic hydroxyl groups excluding tert-OH is 1. The lowest BCUT2D eigenvalue weighted by Crippen LogP contribution is -2.45. The van der Waals surface area contributed by atoms with Crippen molar-refractivity contribution in [2.45, 2.75) is 251 Å². The van der Waals surface area contributed by atoms with Gasteiger partial charge in [0.2, 0.25) is 5.91 Å². The van der Waals surface area contributed by atoms with Gasteiger partial charge < -0.3 is 28.8 Å². The van der Waals surface area contributed by atoms with E-state index in [1.165, 1.54) is 180 Å². The number of nitrogens with one attached hydrogen (secondary N) is 1. The lowest BCUT2D eigenvalue weighted by atomic mass is 10.0. The largest absolute Gasteiger partial charge is 0.756 e. The van der Waals surface area contributed by atoms with Crippen molar-refractivity contribution >= 4 is 13.7 Å².